The molecule has 2 aromatic carbocycles. The Bertz CT molecular complexity index is 979. The van der Waals surface area contributed by atoms with Crippen molar-refractivity contribution in [3.8, 4) is 17.2 Å². The molecule has 2 aromatic rings. The highest BCUT2D eigenvalue weighted by atomic mass is 16.6. The van der Waals surface area contributed by atoms with Gasteiger partial charge in [0.2, 0.25) is 0 Å². The Morgan fingerprint density at radius 1 is 0.781 bits per heavy atom. The molecule has 0 unspecified atom stereocenters. The molecule has 0 spiro atoms. The Hall–Kier alpha value is -3.52. The van der Waals surface area contributed by atoms with Crippen LogP contribution in [0.4, 0.5) is 0 Å². The predicted molar refractivity (Wildman–Crippen MR) is 119 cm³/mol. The predicted octanol–water partition coefficient (Wildman–Crippen LogP) is 3.21. The molecule has 0 saturated heterocycles. The van der Waals surface area contributed by atoms with Gasteiger partial charge in [-0.25, -0.2) is 9.59 Å². The molecular formula is C24H28O8. The molecule has 0 bridgehead atoms. The highest BCUT2D eigenvalue weighted by Gasteiger charge is 2.16. The van der Waals surface area contributed by atoms with Crippen LogP contribution in [0.1, 0.15) is 13.8 Å². The first kappa shape index (κ1) is 24.7. The van der Waals surface area contributed by atoms with Crippen molar-refractivity contribution < 1.29 is 38.4 Å². The number of aliphatic hydroxyl groups is 1. The highest BCUT2D eigenvalue weighted by Crippen LogP contribution is 2.41. The Balaban J connectivity index is 2.20. The summed E-state index contributed by atoms with van der Waals surface area (Å²) in [7, 11) is 0. The Kier molecular flexibility index (Phi) is 9.56. The van der Waals surface area contributed by atoms with Gasteiger partial charge in [0.15, 0.2) is 11.5 Å². The lowest BCUT2D eigenvalue weighted by Gasteiger charge is -2.18. The molecule has 8 heteroatoms. The van der Waals surface area contributed by atoms with Crippen molar-refractivity contribution in [2.24, 2.45) is 0 Å². The summed E-state index contributed by atoms with van der Waals surface area (Å²) in [5, 5.41) is 10.6. The quantitative estimate of drug-likeness (QED) is 0.286. The number of esters is 2. The second-order valence-electron chi connectivity index (χ2n) is 6.85. The third-order valence-corrected chi connectivity index (χ3v) is 4.11. The molecular weight excluding hydrogens is 416 g/mol. The minimum absolute atomic E-state index is 0.0335. The standard InChI is InChI=1S/C24H28O8/c1-16(2)23(26)31-13-11-29-20-15-21(28-10-9-25)22(19-8-6-5-7-18(19)20)30-12-14-32-24(27)17(3)4/h5-8,15,25H,1,3,9-14H2,2,4H3. The van der Waals surface area contributed by atoms with Crippen LogP contribution in [0, 0.1) is 0 Å². The molecule has 0 aliphatic rings. The molecule has 0 fully saturated rings. The van der Waals surface area contributed by atoms with Crippen LogP contribution >= 0.6 is 0 Å². The number of carbonyl (C=O) groups is 2. The van der Waals surface area contributed by atoms with Crippen molar-refractivity contribution in [1.82, 2.24) is 0 Å². The Labute approximate surface area is 187 Å². The van der Waals surface area contributed by atoms with Gasteiger partial charge in [0.05, 0.1) is 6.61 Å². The number of carbonyl (C=O) groups excluding carboxylic acids is 2. The molecule has 1 N–H and O–H groups in total. The fraction of sp³-hybridized carbons (Fsp3) is 0.333. The number of ether oxygens (including phenoxy) is 5. The van der Waals surface area contributed by atoms with Crippen molar-refractivity contribution in [3.63, 3.8) is 0 Å². The number of hydrogen-bond donors (Lipinski definition) is 1. The number of benzene rings is 2. The molecule has 0 amide bonds. The zero-order valence-corrected chi connectivity index (χ0v) is 18.3. The molecule has 32 heavy (non-hydrogen) atoms. The van der Waals surface area contributed by atoms with Gasteiger partial charge < -0.3 is 28.8 Å². The molecule has 0 atom stereocenters. The SMILES string of the molecule is C=C(C)C(=O)OCCOc1cc(OCCO)c(OCCOC(=O)C(=C)C)c2ccccc12. The fourth-order valence-electron chi connectivity index (χ4n) is 2.63. The monoisotopic (exact) mass is 444 g/mol. The molecule has 0 aromatic heterocycles. The van der Waals surface area contributed by atoms with E-state index in [2.05, 4.69) is 13.2 Å². The largest absolute Gasteiger partial charge is 0.489 e. The van der Waals surface area contributed by atoms with Crippen molar-refractivity contribution in [2.45, 2.75) is 13.8 Å². The van der Waals surface area contributed by atoms with E-state index >= 15 is 0 Å². The van der Waals surface area contributed by atoms with E-state index in [4.69, 9.17) is 23.7 Å². The average Bonchev–Trinajstić information content (AvgIpc) is 2.78. The lowest BCUT2D eigenvalue weighted by Crippen LogP contribution is -2.14. The van der Waals surface area contributed by atoms with E-state index in [9.17, 15) is 14.7 Å². The van der Waals surface area contributed by atoms with E-state index in [1.54, 1.807) is 19.9 Å². The maximum Gasteiger partial charge on any atom is 0.333 e. The fourth-order valence-corrected chi connectivity index (χ4v) is 2.63. The Morgan fingerprint density at radius 3 is 1.88 bits per heavy atom. The van der Waals surface area contributed by atoms with Gasteiger partial charge in [-0.05, 0) is 13.8 Å². The maximum absolute atomic E-state index is 11.5. The van der Waals surface area contributed by atoms with Crippen LogP contribution in [0.25, 0.3) is 10.8 Å². The Morgan fingerprint density at radius 2 is 1.31 bits per heavy atom. The third kappa shape index (κ3) is 7.02. The molecule has 0 aliphatic carbocycles. The van der Waals surface area contributed by atoms with Crippen LogP contribution in [0.15, 0.2) is 54.6 Å². The van der Waals surface area contributed by atoms with Crippen LogP contribution in [-0.4, -0.2) is 56.7 Å². The van der Waals surface area contributed by atoms with Crippen LogP contribution in [-0.2, 0) is 19.1 Å². The number of aliphatic hydroxyl groups excluding tert-OH is 1. The van der Waals surface area contributed by atoms with Gasteiger partial charge >= 0.3 is 11.9 Å². The molecule has 0 heterocycles. The minimum atomic E-state index is -0.494. The van der Waals surface area contributed by atoms with Crippen LogP contribution in [0.5, 0.6) is 17.2 Å². The maximum atomic E-state index is 11.5. The smallest absolute Gasteiger partial charge is 0.333 e. The van der Waals surface area contributed by atoms with E-state index in [1.807, 2.05) is 24.3 Å². The third-order valence-electron chi connectivity index (χ3n) is 4.11. The summed E-state index contributed by atoms with van der Waals surface area (Å²) in [5.41, 5.74) is 0.614. The van der Waals surface area contributed by atoms with Gasteiger partial charge in [0, 0.05) is 28.0 Å². The molecule has 8 nitrogen and oxygen atoms in total. The van der Waals surface area contributed by atoms with Gasteiger partial charge in [-0.2, -0.15) is 0 Å². The average molecular weight is 444 g/mol. The van der Waals surface area contributed by atoms with Crippen molar-refractivity contribution in [1.29, 1.82) is 0 Å². The summed E-state index contributed by atoms with van der Waals surface area (Å²) in [6.07, 6.45) is 0. The second kappa shape index (κ2) is 12.4. The van der Waals surface area contributed by atoms with Crippen LogP contribution in [0.2, 0.25) is 0 Å². The normalized spacial score (nSPS) is 10.3. The van der Waals surface area contributed by atoms with Crippen molar-refractivity contribution in [3.05, 3.63) is 54.6 Å². The summed E-state index contributed by atoms with van der Waals surface area (Å²) in [6, 6.07) is 9.03. The number of fused-ring (bicyclic) bond motifs is 1. The molecule has 0 saturated carbocycles. The lowest BCUT2D eigenvalue weighted by atomic mass is 10.1. The van der Waals surface area contributed by atoms with Gasteiger partial charge in [-0.15, -0.1) is 0 Å². The first-order valence-corrected chi connectivity index (χ1v) is 10.1. The topological polar surface area (TPSA) is 101 Å². The highest BCUT2D eigenvalue weighted by molar-refractivity contribution is 5.95. The van der Waals surface area contributed by atoms with Crippen molar-refractivity contribution in [2.75, 3.05) is 39.6 Å². The van der Waals surface area contributed by atoms with E-state index < -0.39 is 11.9 Å². The molecule has 172 valence electrons. The first-order chi connectivity index (χ1) is 15.3. The summed E-state index contributed by atoms with van der Waals surface area (Å²) < 4.78 is 27.5. The lowest BCUT2D eigenvalue weighted by molar-refractivity contribution is -0.140. The molecule has 0 aliphatic heterocycles. The molecule has 2 rings (SSSR count). The second-order valence-corrected chi connectivity index (χ2v) is 6.85. The zero-order chi connectivity index (χ0) is 23.5. The summed E-state index contributed by atoms with van der Waals surface area (Å²) >= 11 is 0. The summed E-state index contributed by atoms with van der Waals surface area (Å²) in [6.45, 7) is 10.4. The number of hydrogen-bond acceptors (Lipinski definition) is 8. The van der Waals surface area contributed by atoms with E-state index in [0.29, 0.717) is 33.8 Å². The van der Waals surface area contributed by atoms with Crippen molar-refractivity contribution >= 4 is 22.7 Å². The van der Waals surface area contributed by atoms with E-state index in [-0.39, 0.29) is 39.6 Å². The summed E-state index contributed by atoms with van der Waals surface area (Å²) in [4.78, 5) is 23.1. The van der Waals surface area contributed by atoms with Crippen LogP contribution < -0.4 is 14.2 Å². The summed E-state index contributed by atoms with van der Waals surface area (Å²) in [5.74, 6) is 0.313. The minimum Gasteiger partial charge on any atom is -0.489 e. The zero-order valence-electron chi connectivity index (χ0n) is 18.3. The van der Waals surface area contributed by atoms with Gasteiger partial charge in [0.1, 0.15) is 38.8 Å². The first-order valence-electron chi connectivity index (χ1n) is 10.1. The van der Waals surface area contributed by atoms with Crippen LogP contribution in [0.3, 0.4) is 0 Å². The van der Waals surface area contributed by atoms with Gasteiger partial charge in [-0.3, -0.25) is 0 Å². The van der Waals surface area contributed by atoms with E-state index in [0.717, 1.165) is 5.39 Å². The van der Waals surface area contributed by atoms with E-state index in [1.165, 1.54) is 0 Å². The van der Waals surface area contributed by atoms with Gasteiger partial charge in [0.25, 0.3) is 0 Å². The molecule has 0 radical (unpaired) electrons. The number of rotatable bonds is 13. The van der Waals surface area contributed by atoms with Gasteiger partial charge in [-0.1, -0.05) is 37.4 Å².